The molecule has 16 heavy (non-hydrogen) atoms. The summed E-state index contributed by atoms with van der Waals surface area (Å²) in [6.45, 7) is 4.32. The molecule has 0 N–H and O–H groups in total. The summed E-state index contributed by atoms with van der Waals surface area (Å²) >= 11 is 5.83. The predicted octanol–water partition coefficient (Wildman–Crippen LogP) is 2.27. The van der Waals surface area contributed by atoms with Crippen molar-refractivity contribution in [3.05, 3.63) is 17.5 Å². The third kappa shape index (κ3) is 2.07. The van der Waals surface area contributed by atoms with Crippen LogP contribution in [0.1, 0.15) is 37.3 Å². The Morgan fingerprint density at radius 3 is 3.06 bits per heavy atom. The molecule has 0 aromatic carbocycles. The maximum absolute atomic E-state index is 11.9. The van der Waals surface area contributed by atoms with Crippen LogP contribution >= 0.6 is 11.6 Å². The zero-order chi connectivity index (χ0) is 11.7. The number of hydrogen-bond donors (Lipinski definition) is 0. The summed E-state index contributed by atoms with van der Waals surface area (Å²) in [7, 11) is 0. The van der Waals surface area contributed by atoms with E-state index in [1.54, 1.807) is 11.8 Å². The van der Waals surface area contributed by atoms with E-state index in [4.69, 9.17) is 16.1 Å². The molecule has 4 nitrogen and oxygen atoms in total. The number of aromatic nitrogens is 1. The van der Waals surface area contributed by atoms with E-state index >= 15 is 0 Å². The summed E-state index contributed by atoms with van der Waals surface area (Å²) in [5, 5.41) is 3.37. The number of nitrogens with zero attached hydrogens (tertiary/aromatic N) is 2. The molecular weight excluding hydrogens is 228 g/mol. The third-order valence-corrected chi connectivity index (χ3v) is 3.04. The Labute approximate surface area is 99.5 Å². The minimum Gasteiger partial charge on any atom is -0.359 e. The van der Waals surface area contributed by atoms with Crippen LogP contribution < -0.4 is 0 Å². The number of alkyl halides is 1. The van der Waals surface area contributed by atoms with Crippen LogP contribution in [-0.2, 0) is 4.79 Å². The van der Waals surface area contributed by atoms with Crippen LogP contribution in [0, 0.1) is 6.92 Å². The second-order valence-corrected chi connectivity index (χ2v) is 4.83. The summed E-state index contributed by atoms with van der Waals surface area (Å²) < 4.78 is 5.22. The lowest BCUT2D eigenvalue weighted by Gasteiger charge is -2.23. The summed E-state index contributed by atoms with van der Waals surface area (Å²) in [5.41, 5.74) is 0.841. The maximum atomic E-state index is 11.9. The van der Waals surface area contributed by atoms with Gasteiger partial charge in [-0.2, -0.15) is 0 Å². The van der Waals surface area contributed by atoms with Crippen molar-refractivity contribution in [1.82, 2.24) is 10.1 Å². The normalized spacial score (nSPS) is 22.4. The first kappa shape index (κ1) is 11.5. The summed E-state index contributed by atoms with van der Waals surface area (Å²) in [4.78, 5) is 13.7. The lowest BCUT2D eigenvalue weighted by atomic mass is 10.1. The largest absolute Gasteiger partial charge is 0.359 e. The highest BCUT2D eigenvalue weighted by Gasteiger charge is 2.33. The van der Waals surface area contributed by atoms with Gasteiger partial charge in [-0.3, -0.25) is 4.79 Å². The lowest BCUT2D eigenvalue weighted by Crippen LogP contribution is -2.35. The van der Waals surface area contributed by atoms with E-state index in [0.717, 1.165) is 30.8 Å². The van der Waals surface area contributed by atoms with Crippen LogP contribution in [0.15, 0.2) is 10.6 Å². The maximum Gasteiger partial charge on any atom is 0.240 e. The van der Waals surface area contributed by atoms with Crippen LogP contribution in [0.25, 0.3) is 0 Å². The molecule has 0 radical (unpaired) electrons. The standard InChI is InChI=1S/C11H15ClN2O2/c1-7-6-10(16-13-7)9-4-3-5-14(9)11(15)8(2)12/h6,8-9H,3-5H2,1-2H3. The molecule has 2 atom stereocenters. The molecule has 5 heteroatoms. The molecule has 2 rings (SSSR count). The van der Waals surface area contributed by atoms with Gasteiger partial charge in [0.05, 0.1) is 11.7 Å². The summed E-state index contributed by atoms with van der Waals surface area (Å²) in [5.74, 6) is 0.735. The highest BCUT2D eigenvalue weighted by atomic mass is 35.5. The predicted molar refractivity (Wildman–Crippen MR) is 60.2 cm³/mol. The highest BCUT2D eigenvalue weighted by Crippen LogP contribution is 2.33. The van der Waals surface area contributed by atoms with Crippen molar-refractivity contribution >= 4 is 17.5 Å². The average Bonchev–Trinajstić information content (AvgIpc) is 2.83. The second kappa shape index (κ2) is 4.45. The number of halogens is 1. The van der Waals surface area contributed by atoms with E-state index in [9.17, 15) is 4.79 Å². The van der Waals surface area contributed by atoms with Crippen molar-refractivity contribution < 1.29 is 9.32 Å². The van der Waals surface area contributed by atoms with Gasteiger partial charge in [0, 0.05) is 12.6 Å². The second-order valence-electron chi connectivity index (χ2n) is 4.18. The number of likely N-dealkylation sites (tertiary alicyclic amines) is 1. The average molecular weight is 243 g/mol. The minimum absolute atomic E-state index is 0.00917. The van der Waals surface area contributed by atoms with Gasteiger partial charge >= 0.3 is 0 Å². The van der Waals surface area contributed by atoms with E-state index in [0.29, 0.717) is 0 Å². The fraction of sp³-hybridized carbons (Fsp3) is 0.636. The van der Waals surface area contributed by atoms with Gasteiger partial charge in [0.25, 0.3) is 0 Å². The molecule has 0 spiro atoms. The number of hydrogen-bond acceptors (Lipinski definition) is 3. The molecule has 1 aromatic heterocycles. The number of carbonyl (C=O) groups excluding carboxylic acids is 1. The van der Waals surface area contributed by atoms with Gasteiger partial charge in [-0.25, -0.2) is 0 Å². The van der Waals surface area contributed by atoms with Crippen molar-refractivity contribution in [3.8, 4) is 0 Å². The molecule has 2 unspecified atom stereocenters. The monoisotopic (exact) mass is 242 g/mol. The first-order valence-corrected chi connectivity index (χ1v) is 5.91. The van der Waals surface area contributed by atoms with E-state index in [1.807, 2.05) is 13.0 Å². The molecule has 1 saturated heterocycles. The number of carbonyl (C=O) groups is 1. The number of rotatable bonds is 2. The van der Waals surface area contributed by atoms with E-state index in [-0.39, 0.29) is 11.9 Å². The molecule has 0 saturated carbocycles. The third-order valence-electron chi connectivity index (χ3n) is 2.85. The van der Waals surface area contributed by atoms with Gasteiger partial charge in [-0.05, 0) is 26.7 Å². The van der Waals surface area contributed by atoms with Crippen LogP contribution in [0.3, 0.4) is 0 Å². The van der Waals surface area contributed by atoms with Crippen LogP contribution in [0.2, 0.25) is 0 Å². The van der Waals surface area contributed by atoms with Gasteiger partial charge in [-0.15, -0.1) is 11.6 Å². The van der Waals surface area contributed by atoms with E-state index < -0.39 is 5.38 Å². The van der Waals surface area contributed by atoms with E-state index in [1.165, 1.54) is 0 Å². The minimum atomic E-state index is -0.482. The summed E-state index contributed by atoms with van der Waals surface area (Å²) in [6, 6.07) is 1.89. The molecule has 0 aliphatic carbocycles. The highest BCUT2D eigenvalue weighted by molar-refractivity contribution is 6.30. The van der Waals surface area contributed by atoms with Gasteiger partial charge in [-0.1, -0.05) is 5.16 Å². The van der Waals surface area contributed by atoms with Crippen molar-refractivity contribution in [2.75, 3.05) is 6.54 Å². The lowest BCUT2D eigenvalue weighted by molar-refractivity contribution is -0.131. The molecule has 1 fully saturated rings. The van der Waals surface area contributed by atoms with Crippen molar-refractivity contribution in [2.45, 2.75) is 38.1 Å². The Morgan fingerprint density at radius 2 is 2.50 bits per heavy atom. The molecule has 2 heterocycles. The van der Waals surface area contributed by atoms with Crippen molar-refractivity contribution in [2.24, 2.45) is 0 Å². The Hall–Kier alpha value is -1.03. The molecule has 1 aliphatic heterocycles. The first-order chi connectivity index (χ1) is 7.59. The fourth-order valence-electron chi connectivity index (χ4n) is 2.10. The smallest absolute Gasteiger partial charge is 0.240 e. The molecule has 1 aromatic rings. The zero-order valence-electron chi connectivity index (χ0n) is 9.44. The van der Waals surface area contributed by atoms with Gasteiger partial charge in [0.1, 0.15) is 5.38 Å². The first-order valence-electron chi connectivity index (χ1n) is 5.47. The quantitative estimate of drug-likeness (QED) is 0.748. The van der Waals surface area contributed by atoms with Crippen LogP contribution in [-0.4, -0.2) is 27.9 Å². The molecular formula is C11H15ClN2O2. The van der Waals surface area contributed by atoms with Gasteiger partial charge < -0.3 is 9.42 Å². The fourth-order valence-corrected chi connectivity index (χ4v) is 2.22. The number of amides is 1. The van der Waals surface area contributed by atoms with Crippen LogP contribution in [0.5, 0.6) is 0 Å². The molecule has 0 bridgehead atoms. The Kier molecular flexibility index (Phi) is 3.19. The Balaban J connectivity index is 2.18. The van der Waals surface area contributed by atoms with Crippen molar-refractivity contribution in [3.63, 3.8) is 0 Å². The zero-order valence-corrected chi connectivity index (χ0v) is 10.2. The summed E-state index contributed by atoms with van der Waals surface area (Å²) in [6.07, 6.45) is 1.91. The Bertz CT molecular complexity index is 389. The molecule has 1 amide bonds. The number of aryl methyl sites for hydroxylation is 1. The van der Waals surface area contributed by atoms with Gasteiger partial charge in [0.2, 0.25) is 5.91 Å². The SMILES string of the molecule is Cc1cc(C2CCCN2C(=O)C(C)Cl)on1. The van der Waals surface area contributed by atoms with Crippen LogP contribution in [0.4, 0.5) is 0 Å². The van der Waals surface area contributed by atoms with E-state index in [2.05, 4.69) is 5.16 Å². The topological polar surface area (TPSA) is 46.3 Å². The Morgan fingerprint density at radius 1 is 1.75 bits per heavy atom. The molecule has 1 aliphatic rings. The molecule has 88 valence electrons. The van der Waals surface area contributed by atoms with Crippen molar-refractivity contribution in [1.29, 1.82) is 0 Å². The van der Waals surface area contributed by atoms with Gasteiger partial charge in [0.15, 0.2) is 5.76 Å².